The smallest absolute Gasteiger partial charge is 0.0682 e. The fraction of sp³-hybridized carbons (Fsp3) is 0.500. The molecular formula is C12H18O. The summed E-state index contributed by atoms with van der Waals surface area (Å²) in [5, 5.41) is 10.1. The minimum atomic E-state index is -0.513. The highest BCUT2D eigenvalue weighted by Crippen LogP contribution is 2.20. The molecule has 1 aromatic carbocycles. The van der Waals surface area contributed by atoms with E-state index in [1.807, 2.05) is 32.0 Å². The van der Waals surface area contributed by atoms with Gasteiger partial charge in [0.15, 0.2) is 0 Å². The van der Waals surface area contributed by atoms with Crippen LogP contribution in [-0.4, -0.2) is 10.7 Å². The first-order valence-electron chi connectivity index (χ1n) is 4.96. The lowest BCUT2D eigenvalue weighted by molar-refractivity contribution is 0.0326. The van der Waals surface area contributed by atoms with E-state index in [4.69, 9.17) is 0 Å². The minimum Gasteiger partial charge on any atom is -0.390 e. The lowest BCUT2D eigenvalue weighted by Crippen LogP contribution is -2.29. The average Bonchev–Trinajstić information content (AvgIpc) is 2.19. The zero-order chi connectivity index (χ0) is 9.73. The van der Waals surface area contributed by atoms with E-state index in [1.165, 1.54) is 5.56 Å². The SMILES string of the molecule is CCC(O)(CC)Cc1ccccc1. The van der Waals surface area contributed by atoms with Crippen LogP contribution in [0.1, 0.15) is 32.3 Å². The molecule has 0 unspecified atom stereocenters. The zero-order valence-corrected chi connectivity index (χ0v) is 8.46. The lowest BCUT2D eigenvalue weighted by Gasteiger charge is -2.25. The van der Waals surface area contributed by atoms with Gasteiger partial charge in [0.05, 0.1) is 5.60 Å². The third-order valence-electron chi connectivity index (χ3n) is 2.69. The molecule has 0 saturated heterocycles. The molecule has 1 aromatic rings. The summed E-state index contributed by atoms with van der Waals surface area (Å²) in [6, 6.07) is 10.2. The Morgan fingerprint density at radius 3 is 2.08 bits per heavy atom. The van der Waals surface area contributed by atoms with E-state index in [2.05, 4.69) is 12.1 Å². The molecule has 0 radical (unpaired) electrons. The summed E-state index contributed by atoms with van der Waals surface area (Å²) in [5.74, 6) is 0. The molecule has 0 fully saturated rings. The predicted octanol–water partition coefficient (Wildman–Crippen LogP) is 2.78. The third-order valence-corrected chi connectivity index (χ3v) is 2.69. The van der Waals surface area contributed by atoms with Crippen molar-refractivity contribution in [2.45, 2.75) is 38.7 Å². The third kappa shape index (κ3) is 2.85. The topological polar surface area (TPSA) is 20.2 Å². The van der Waals surface area contributed by atoms with Crippen molar-refractivity contribution in [1.82, 2.24) is 0 Å². The second-order valence-electron chi connectivity index (χ2n) is 3.59. The number of rotatable bonds is 4. The Balaban J connectivity index is 2.68. The molecule has 0 heterocycles. The first-order chi connectivity index (χ1) is 6.20. The Bertz CT molecular complexity index is 237. The fourth-order valence-electron chi connectivity index (χ4n) is 1.48. The quantitative estimate of drug-likeness (QED) is 0.751. The molecule has 0 aromatic heterocycles. The maximum atomic E-state index is 10.1. The van der Waals surface area contributed by atoms with Gasteiger partial charge in [-0.2, -0.15) is 0 Å². The molecular weight excluding hydrogens is 160 g/mol. The fourth-order valence-corrected chi connectivity index (χ4v) is 1.48. The Labute approximate surface area is 80.4 Å². The van der Waals surface area contributed by atoms with E-state index in [-0.39, 0.29) is 0 Å². The molecule has 0 bridgehead atoms. The first-order valence-corrected chi connectivity index (χ1v) is 4.96. The molecule has 72 valence electrons. The van der Waals surface area contributed by atoms with E-state index in [1.54, 1.807) is 0 Å². The van der Waals surface area contributed by atoms with Gasteiger partial charge in [0.1, 0.15) is 0 Å². The highest BCUT2D eigenvalue weighted by molar-refractivity contribution is 5.16. The maximum Gasteiger partial charge on any atom is 0.0682 e. The van der Waals surface area contributed by atoms with Crippen molar-refractivity contribution in [3.05, 3.63) is 35.9 Å². The molecule has 0 atom stereocenters. The standard InChI is InChI=1S/C12H18O/c1-3-12(13,4-2)10-11-8-6-5-7-9-11/h5-9,13H,3-4,10H2,1-2H3. The van der Waals surface area contributed by atoms with E-state index in [0.29, 0.717) is 0 Å². The Morgan fingerprint density at radius 1 is 1.08 bits per heavy atom. The average molecular weight is 178 g/mol. The van der Waals surface area contributed by atoms with Crippen molar-refractivity contribution in [2.24, 2.45) is 0 Å². The molecule has 0 saturated carbocycles. The maximum absolute atomic E-state index is 10.1. The Hall–Kier alpha value is -0.820. The first kappa shape index (κ1) is 10.3. The summed E-state index contributed by atoms with van der Waals surface area (Å²) in [6.07, 6.45) is 2.40. The second-order valence-corrected chi connectivity index (χ2v) is 3.59. The molecule has 0 aliphatic heterocycles. The minimum absolute atomic E-state index is 0.513. The van der Waals surface area contributed by atoms with Crippen LogP contribution in [0.5, 0.6) is 0 Å². The monoisotopic (exact) mass is 178 g/mol. The number of hydrogen-bond donors (Lipinski definition) is 1. The van der Waals surface area contributed by atoms with Crippen LogP contribution in [0.25, 0.3) is 0 Å². The molecule has 0 aliphatic rings. The van der Waals surface area contributed by atoms with Gasteiger partial charge < -0.3 is 5.11 Å². The van der Waals surface area contributed by atoms with Gasteiger partial charge in [-0.05, 0) is 18.4 Å². The largest absolute Gasteiger partial charge is 0.390 e. The van der Waals surface area contributed by atoms with Gasteiger partial charge in [-0.1, -0.05) is 44.2 Å². The van der Waals surface area contributed by atoms with Crippen molar-refractivity contribution in [1.29, 1.82) is 0 Å². The summed E-state index contributed by atoms with van der Waals surface area (Å²) < 4.78 is 0. The van der Waals surface area contributed by atoms with Gasteiger partial charge in [-0.25, -0.2) is 0 Å². The van der Waals surface area contributed by atoms with Crippen LogP contribution in [0.4, 0.5) is 0 Å². The summed E-state index contributed by atoms with van der Waals surface area (Å²) in [6.45, 7) is 4.07. The van der Waals surface area contributed by atoms with E-state index >= 15 is 0 Å². The Kier molecular flexibility index (Phi) is 3.49. The summed E-state index contributed by atoms with van der Waals surface area (Å²) in [5.41, 5.74) is 0.704. The van der Waals surface area contributed by atoms with E-state index in [9.17, 15) is 5.11 Å². The van der Waals surface area contributed by atoms with Crippen molar-refractivity contribution in [3.8, 4) is 0 Å². The summed E-state index contributed by atoms with van der Waals surface area (Å²) in [4.78, 5) is 0. The lowest BCUT2D eigenvalue weighted by atomic mass is 9.90. The summed E-state index contributed by atoms with van der Waals surface area (Å²) >= 11 is 0. The van der Waals surface area contributed by atoms with Crippen molar-refractivity contribution >= 4 is 0 Å². The molecule has 0 spiro atoms. The van der Waals surface area contributed by atoms with Crippen LogP contribution in [0.15, 0.2) is 30.3 Å². The van der Waals surface area contributed by atoms with Crippen molar-refractivity contribution in [3.63, 3.8) is 0 Å². The Morgan fingerprint density at radius 2 is 1.62 bits per heavy atom. The van der Waals surface area contributed by atoms with Crippen LogP contribution in [0.3, 0.4) is 0 Å². The molecule has 1 N–H and O–H groups in total. The van der Waals surface area contributed by atoms with Gasteiger partial charge >= 0.3 is 0 Å². The van der Waals surface area contributed by atoms with Gasteiger partial charge in [0, 0.05) is 6.42 Å². The van der Waals surface area contributed by atoms with Gasteiger partial charge in [0.2, 0.25) is 0 Å². The highest BCUT2D eigenvalue weighted by atomic mass is 16.3. The van der Waals surface area contributed by atoms with Crippen LogP contribution in [-0.2, 0) is 6.42 Å². The second kappa shape index (κ2) is 4.43. The molecule has 1 heteroatoms. The van der Waals surface area contributed by atoms with Crippen LogP contribution < -0.4 is 0 Å². The van der Waals surface area contributed by atoms with Gasteiger partial charge in [-0.3, -0.25) is 0 Å². The van der Waals surface area contributed by atoms with Gasteiger partial charge in [-0.15, -0.1) is 0 Å². The van der Waals surface area contributed by atoms with Gasteiger partial charge in [0.25, 0.3) is 0 Å². The zero-order valence-electron chi connectivity index (χ0n) is 8.46. The highest BCUT2D eigenvalue weighted by Gasteiger charge is 2.21. The van der Waals surface area contributed by atoms with Crippen molar-refractivity contribution < 1.29 is 5.11 Å². The van der Waals surface area contributed by atoms with Crippen molar-refractivity contribution in [2.75, 3.05) is 0 Å². The molecule has 0 aliphatic carbocycles. The predicted molar refractivity (Wildman–Crippen MR) is 55.7 cm³/mol. The summed E-state index contributed by atoms with van der Waals surface area (Å²) in [7, 11) is 0. The molecule has 1 rings (SSSR count). The molecule has 0 amide bonds. The number of hydrogen-bond acceptors (Lipinski definition) is 1. The van der Waals surface area contributed by atoms with E-state index in [0.717, 1.165) is 19.3 Å². The normalized spacial score (nSPS) is 11.6. The van der Waals surface area contributed by atoms with Crippen LogP contribution in [0, 0.1) is 0 Å². The molecule has 13 heavy (non-hydrogen) atoms. The molecule has 1 nitrogen and oxygen atoms in total. The van der Waals surface area contributed by atoms with E-state index < -0.39 is 5.60 Å². The number of aliphatic hydroxyl groups is 1. The number of benzene rings is 1. The van der Waals surface area contributed by atoms with Crippen LogP contribution in [0.2, 0.25) is 0 Å². The van der Waals surface area contributed by atoms with Crippen LogP contribution >= 0.6 is 0 Å².